The highest BCUT2D eigenvalue weighted by Crippen LogP contribution is 2.33. The first kappa shape index (κ1) is 15.1. The van der Waals surface area contributed by atoms with Gasteiger partial charge in [0.05, 0.1) is 9.75 Å². The average Bonchev–Trinajstić information content (AvgIpc) is 3.33. The normalized spacial score (nSPS) is 10.7. The van der Waals surface area contributed by atoms with E-state index in [0.29, 0.717) is 0 Å². The first-order valence-electron chi connectivity index (χ1n) is 7.66. The lowest BCUT2D eigenvalue weighted by Crippen LogP contribution is -1.93. The molecule has 0 unspecified atom stereocenters. The van der Waals surface area contributed by atoms with Gasteiger partial charge in [0.1, 0.15) is 0 Å². The van der Waals surface area contributed by atoms with Crippen LogP contribution >= 0.6 is 22.7 Å². The molecule has 1 nitrogen and oxygen atoms in total. The van der Waals surface area contributed by atoms with Crippen LogP contribution in [0.4, 0.5) is 0 Å². The summed E-state index contributed by atoms with van der Waals surface area (Å²) < 4.78 is 0. The van der Waals surface area contributed by atoms with Gasteiger partial charge in [-0.15, -0.1) is 22.7 Å². The summed E-state index contributed by atoms with van der Waals surface area (Å²) in [5.41, 5.74) is 2.30. The standard InChI is InChI=1S/C21H14OS2/c22-21(19-13-11-17(23-19)15-7-3-1-4-8-15)20-14-12-18(24-20)16-9-5-2-6-10-16/h1-14H. The minimum Gasteiger partial charge on any atom is -0.287 e. The first-order chi connectivity index (χ1) is 11.8. The van der Waals surface area contributed by atoms with Gasteiger partial charge in [-0.05, 0) is 35.4 Å². The summed E-state index contributed by atoms with van der Waals surface area (Å²) in [4.78, 5) is 16.6. The molecular formula is C21H14OS2. The van der Waals surface area contributed by atoms with E-state index in [1.165, 1.54) is 0 Å². The van der Waals surface area contributed by atoms with Crippen LogP contribution in [0.25, 0.3) is 20.9 Å². The Hall–Kier alpha value is -2.49. The number of thiophene rings is 2. The molecule has 0 spiro atoms. The maximum Gasteiger partial charge on any atom is 0.212 e. The van der Waals surface area contributed by atoms with E-state index >= 15 is 0 Å². The van der Waals surface area contributed by atoms with Crippen LogP contribution in [-0.2, 0) is 0 Å². The Kier molecular flexibility index (Phi) is 4.11. The van der Waals surface area contributed by atoms with Gasteiger partial charge in [-0.1, -0.05) is 60.7 Å². The van der Waals surface area contributed by atoms with E-state index in [1.807, 2.05) is 60.7 Å². The Morgan fingerprint density at radius 1 is 0.542 bits per heavy atom. The predicted octanol–water partition coefficient (Wildman–Crippen LogP) is 6.37. The maximum atomic E-state index is 12.8. The van der Waals surface area contributed by atoms with Crippen molar-refractivity contribution < 1.29 is 4.79 Å². The summed E-state index contributed by atoms with van der Waals surface area (Å²) in [5.74, 6) is 0.106. The highest BCUT2D eigenvalue weighted by Gasteiger charge is 2.15. The van der Waals surface area contributed by atoms with Crippen LogP contribution in [0.2, 0.25) is 0 Å². The summed E-state index contributed by atoms with van der Waals surface area (Å²) in [6, 6.07) is 28.2. The third-order valence-electron chi connectivity index (χ3n) is 3.78. The van der Waals surface area contributed by atoms with Crippen molar-refractivity contribution in [3.8, 4) is 20.9 Å². The van der Waals surface area contributed by atoms with Gasteiger partial charge in [0.25, 0.3) is 0 Å². The third-order valence-corrected chi connectivity index (χ3v) is 6.04. The van der Waals surface area contributed by atoms with E-state index in [-0.39, 0.29) is 5.78 Å². The highest BCUT2D eigenvalue weighted by atomic mass is 32.1. The fourth-order valence-corrected chi connectivity index (χ4v) is 4.55. The van der Waals surface area contributed by atoms with Gasteiger partial charge in [0.15, 0.2) is 0 Å². The fourth-order valence-electron chi connectivity index (χ4n) is 2.56. The molecule has 0 amide bonds. The minimum atomic E-state index is 0.106. The summed E-state index contributed by atoms with van der Waals surface area (Å²) in [6.45, 7) is 0. The lowest BCUT2D eigenvalue weighted by atomic mass is 10.2. The number of ketones is 1. The van der Waals surface area contributed by atoms with Gasteiger partial charge in [-0.25, -0.2) is 0 Å². The van der Waals surface area contributed by atoms with Gasteiger partial charge in [0, 0.05) is 9.75 Å². The SMILES string of the molecule is O=C(c1ccc(-c2ccccc2)s1)c1ccc(-c2ccccc2)s1. The van der Waals surface area contributed by atoms with E-state index in [9.17, 15) is 4.79 Å². The van der Waals surface area contributed by atoms with Gasteiger partial charge < -0.3 is 0 Å². The zero-order valence-corrected chi connectivity index (χ0v) is 14.4. The lowest BCUT2D eigenvalue weighted by Gasteiger charge is -1.96. The quantitative estimate of drug-likeness (QED) is 0.392. The Morgan fingerprint density at radius 3 is 1.38 bits per heavy atom. The van der Waals surface area contributed by atoms with Crippen molar-refractivity contribution in [2.75, 3.05) is 0 Å². The molecule has 2 aromatic carbocycles. The maximum absolute atomic E-state index is 12.8. The Bertz CT molecular complexity index is 886. The molecule has 0 aliphatic carbocycles. The molecule has 0 saturated heterocycles. The molecule has 0 saturated carbocycles. The second-order valence-electron chi connectivity index (χ2n) is 5.39. The van der Waals surface area contributed by atoms with E-state index in [1.54, 1.807) is 22.7 Å². The number of carbonyl (C=O) groups excluding carboxylic acids is 1. The zero-order chi connectivity index (χ0) is 16.4. The van der Waals surface area contributed by atoms with E-state index in [2.05, 4.69) is 24.3 Å². The van der Waals surface area contributed by atoms with Gasteiger partial charge >= 0.3 is 0 Å². The van der Waals surface area contributed by atoms with Crippen molar-refractivity contribution in [2.24, 2.45) is 0 Å². The van der Waals surface area contributed by atoms with Crippen molar-refractivity contribution in [2.45, 2.75) is 0 Å². The fraction of sp³-hybridized carbons (Fsp3) is 0. The largest absolute Gasteiger partial charge is 0.287 e. The van der Waals surface area contributed by atoms with Crippen molar-refractivity contribution in [1.82, 2.24) is 0 Å². The molecule has 0 N–H and O–H groups in total. The number of rotatable bonds is 4. The van der Waals surface area contributed by atoms with Crippen molar-refractivity contribution in [3.05, 3.63) is 94.7 Å². The monoisotopic (exact) mass is 346 g/mol. The van der Waals surface area contributed by atoms with Gasteiger partial charge in [-0.3, -0.25) is 4.79 Å². The molecule has 0 fully saturated rings. The van der Waals surface area contributed by atoms with Crippen LogP contribution in [0.15, 0.2) is 84.9 Å². The van der Waals surface area contributed by atoms with E-state index in [0.717, 1.165) is 30.6 Å². The lowest BCUT2D eigenvalue weighted by molar-refractivity contribution is 0.104. The molecule has 4 aromatic rings. The summed E-state index contributed by atoms with van der Waals surface area (Å²) in [6.07, 6.45) is 0. The molecule has 3 heteroatoms. The van der Waals surface area contributed by atoms with Crippen LogP contribution < -0.4 is 0 Å². The van der Waals surface area contributed by atoms with E-state index < -0.39 is 0 Å². The first-order valence-corrected chi connectivity index (χ1v) is 9.30. The Labute approximate surface area is 148 Å². The molecule has 0 aliphatic heterocycles. The Morgan fingerprint density at radius 2 is 0.958 bits per heavy atom. The van der Waals surface area contributed by atoms with Crippen molar-refractivity contribution >= 4 is 28.5 Å². The number of hydrogen-bond acceptors (Lipinski definition) is 3. The third kappa shape index (κ3) is 2.96. The molecule has 4 rings (SSSR count). The van der Waals surface area contributed by atoms with Crippen LogP contribution in [0, 0.1) is 0 Å². The summed E-state index contributed by atoms with van der Waals surface area (Å²) in [5, 5.41) is 0. The molecule has 24 heavy (non-hydrogen) atoms. The predicted molar refractivity (Wildman–Crippen MR) is 103 cm³/mol. The van der Waals surface area contributed by atoms with Crippen LogP contribution in [0.3, 0.4) is 0 Å². The molecule has 0 radical (unpaired) electrons. The van der Waals surface area contributed by atoms with E-state index in [4.69, 9.17) is 0 Å². The van der Waals surface area contributed by atoms with Crippen molar-refractivity contribution in [3.63, 3.8) is 0 Å². The van der Waals surface area contributed by atoms with Crippen LogP contribution in [0.5, 0.6) is 0 Å². The van der Waals surface area contributed by atoms with Crippen LogP contribution in [0.1, 0.15) is 14.5 Å². The molecule has 116 valence electrons. The molecule has 2 heterocycles. The summed E-state index contributed by atoms with van der Waals surface area (Å²) in [7, 11) is 0. The molecular weight excluding hydrogens is 332 g/mol. The topological polar surface area (TPSA) is 17.1 Å². The molecule has 0 aliphatic rings. The highest BCUT2D eigenvalue weighted by molar-refractivity contribution is 7.20. The molecule has 0 atom stereocenters. The van der Waals surface area contributed by atoms with Crippen molar-refractivity contribution in [1.29, 1.82) is 0 Å². The second-order valence-corrected chi connectivity index (χ2v) is 7.56. The molecule has 0 bridgehead atoms. The number of benzene rings is 2. The second kappa shape index (κ2) is 6.56. The smallest absolute Gasteiger partial charge is 0.212 e. The van der Waals surface area contributed by atoms with Gasteiger partial charge in [0.2, 0.25) is 5.78 Å². The zero-order valence-electron chi connectivity index (χ0n) is 12.8. The molecule has 2 aromatic heterocycles. The summed E-state index contributed by atoms with van der Waals surface area (Å²) >= 11 is 3.10. The van der Waals surface area contributed by atoms with Crippen LogP contribution in [-0.4, -0.2) is 5.78 Å². The average molecular weight is 346 g/mol. The Balaban J connectivity index is 1.61. The number of carbonyl (C=O) groups is 1. The number of hydrogen-bond donors (Lipinski definition) is 0. The minimum absolute atomic E-state index is 0.106. The van der Waals surface area contributed by atoms with Gasteiger partial charge in [-0.2, -0.15) is 0 Å².